The topological polar surface area (TPSA) is 35.2 Å². The molecular formula is C13H9Br2ClFNO. The molecule has 0 aliphatic heterocycles. The molecule has 19 heavy (non-hydrogen) atoms. The molecule has 0 heterocycles. The van der Waals surface area contributed by atoms with Gasteiger partial charge in [0, 0.05) is 17.1 Å². The Balaban J connectivity index is 2.31. The van der Waals surface area contributed by atoms with Crippen LogP contribution in [-0.2, 0) is 6.54 Å². The number of hydrogen-bond donors (Lipinski definition) is 1. The zero-order valence-corrected chi connectivity index (χ0v) is 13.5. The predicted molar refractivity (Wildman–Crippen MR) is 81.2 cm³/mol. The molecule has 2 aromatic carbocycles. The molecular weight excluding hydrogens is 400 g/mol. The highest BCUT2D eigenvalue weighted by atomic mass is 79.9. The summed E-state index contributed by atoms with van der Waals surface area (Å²) in [5.74, 6) is 0.401. The zero-order valence-electron chi connectivity index (χ0n) is 9.59. The van der Waals surface area contributed by atoms with Crippen molar-refractivity contribution in [3.63, 3.8) is 0 Å². The predicted octanol–water partition coefficient (Wildman–Crippen LogP) is 5.26. The van der Waals surface area contributed by atoms with E-state index in [-0.39, 0.29) is 5.02 Å². The van der Waals surface area contributed by atoms with Gasteiger partial charge in [-0.15, -0.1) is 0 Å². The summed E-state index contributed by atoms with van der Waals surface area (Å²) < 4.78 is 20.4. The van der Waals surface area contributed by atoms with Gasteiger partial charge >= 0.3 is 0 Å². The third-order valence-electron chi connectivity index (χ3n) is 2.45. The van der Waals surface area contributed by atoms with Crippen molar-refractivity contribution in [3.05, 3.63) is 55.7 Å². The first-order chi connectivity index (χ1) is 9.01. The summed E-state index contributed by atoms with van der Waals surface area (Å²) in [7, 11) is 0. The van der Waals surface area contributed by atoms with Gasteiger partial charge in [-0.05, 0) is 39.7 Å². The van der Waals surface area contributed by atoms with Gasteiger partial charge in [-0.1, -0.05) is 33.6 Å². The van der Waals surface area contributed by atoms with E-state index in [0.29, 0.717) is 22.5 Å². The molecule has 2 aromatic rings. The summed E-state index contributed by atoms with van der Waals surface area (Å²) in [6.07, 6.45) is 0. The Morgan fingerprint density at radius 1 is 1.16 bits per heavy atom. The van der Waals surface area contributed by atoms with Crippen LogP contribution in [0.25, 0.3) is 0 Å². The van der Waals surface area contributed by atoms with E-state index in [2.05, 4.69) is 31.9 Å². The van der Waals surface area contributed by atoms with Gasteiger partial charge in [-0.25, -0.2) is 4.39 Å². The average Bonchev–Trinajstić information content (AvgIpc) is 2.36. The smallest absolute Gasteiger partial charge is 0.145 e. The van der Waals surface area contributed by atoms with Crippen LogP contribution in [-0.4, -0.2) is 0 Å². The molecule has 0 saturated carbocycles. The van der Waals surface area contributed by atoms with Crippen molar-refractivity contribution >= 4 is 43.5 Å². The van der Waals surface area contributed by atoms with E-state index in [9.17, 15) is 4.39 Å². The maximum atomic E-state index is 13.4. The van der Waals surface area contributed by atoms with Gasteiger partial charge < -0.3 is 10.5 Å². The van der Waals surface area contributed by atoms with E-state index >= 15 is 0 Å². The fourth-order valence-electron chi connectivity index (χ4n) is 1.47. The largest absolute Gasteiger partial charge is 0.456 e. The van der Waals surface area contributed by atoms with Gasteiger partial charge in [-0.2, -0.15) is 0 Å². The second-order valence-electron chi connectivity index (χ2n) is 3.76. The van der Waals surface area contributed by atoms with Gasteiger partial charge in [0.1, 0.15) is 17.3 Å². The van der Waals surface area contributed by atoms with Crippen molar-refractivity contribution in [2.24, 2.45) is 5.73 Å². The molecule has 0 spiro atoms. The molecule has 0 saturated heterocycles. The van der Waals surface area contributed by atoms with E-state index < -0.39 is 5.82 Å². The lowest BCUT2D eigenvalue weighted by molar-refractivity contribution is 0.473. The molecule has 2 nitrogen and oxygen atoms in total. The summed E-state index contributed by atoms with van der Waals surface area (Å²) >= 11 is 12.3. The molecule has 0 aliphatic carbocycles. The molecule has 0 atom stereocenters. The van der Waals surface area contributed by atoms with Crippen molar-refractivity contribution < 1.29 is 9.13 Å². The first-order valence-corrected chi connectivity index (χ1v) is 7.28. The lowest BCUT2D eigenvalue weighted by atomic mass is 10.2. The second-order valence-corrected chi connectivity index (χ2v) is 5.87. The summed E-state index contributed by atoms with van der Waals surface area (Å²) in [5.41, 5.74) is 6.54. The monoisotopic (exact) mass is 407 g/mol. The number of ether oxygens (including phenoxy) is 1. The molecule has 0 unspecified atom stereocenters. The molecule has 0 radical (unpaired) electrons. The van der Waals surface area contributed by atoms with E-state index in [0.717, 1.165) is 10.0 Å². The third kappa shape index (κ3) is 3.48. The standard InChI is InChI=1S/C13H9Br2ClFNO/c14-9-3-8(2-1-7(9)6-18)19-13-5-12(17)11(16)4-10(13)15/h1-5H,6,18H2. The Kier molecular flexibility index (Phi) is 4.84. The Hall–Kier alpha value is -0.620. The summed E-state index contributed by atoms with van der Waals surface area (Å²) in [6, 6.07) is 8.08. The van der Waals surface area contributed by atoms with E-state index in [1.165, 1.54) is 12.1 Å². The minimum absolute atomic E-state index is 0.0406. The molecule has 100 valence electrons. The van der Waals surface area contributed by atoms with Crippen LogP contribution in [0.1, 0.15) is 5.56 Å². The third-order valence-corrected chi connectivity index (χ3v) is 4.09. The number of halogens is 4. The van der Waals surface area contributed by atoms with Crippen molar-refractivity contribution in [1.29, 1.82) is 0 Å². The van der Waals surface area contributed by atoms with Gasteiger partial charge in [0.2, 0.25) is 0 Å². The highest BCUT2D eigenvalue weighted by Crippen LogP contribution is 2.34. The van der Waals surface area contributed by atoms with Gasteiger partial charge in [0.05, 0.1) is 9.50 Å². The molecule has 0 amide bonds. The molecule has 0 bridgehead atoms. The second kappa shape index (κ2) is 6.22. The van der Waals surface area contributed by atoms with Crippen molar-refractivity contribution in [2.45, 2.75) is 6.54 Å². The van der Waals surface area contributed by atoms with Crippen LogP contribution in [0.2, 0.25) is 5.02 Å². The van der Waals surface area contributed by atoms with Gasteiger partial charge in [-0.3, -0.25) is 0 Å². The maximum absolute atomic E-state index is 13.4. The molecule has 0 fully saturated rings. The highest BCUT2D eigenvalue weighted by Gasteiger charge is 2.09. The summed E-state index contributed by atoms with van der Waals surface area (Å²) in [4.78, 5) is 0. The Labute approximate surface area is 132 Å². The molecule has 0 aromatic heterocycles. The van der Waals surface area contributed by atoms with Crippen molar-refractivity contribution in [3.8, 4) is 11.5 Å². The quantitative estimate of drug-likeness (QED) is 0.703. The van der Waals surface area contributed by atoms with Crippen LogP contribution in [0.5, 0.6) is 11.5 Å². The summed E-state index contributed by atoms with van der Waals surface area (Å²) in [6.45, 7) is 0.431. The summed E-state index contributed by atoms with van der Waals surface area (Å²) in [5, 5.41) is 0.0406. The number of benzene rings is 2. The van der Waals surface area contributed by atoms with Crippen LogP contribution >= 0.6 is 43.5 Å². The van der Waals surface area contributed by atoms with Gasteiger partial charge in [0.25, 0.3) is 0 Å². The molecule has 6 heteroatoms. The van der Waals surface area contributed by atoms with Crippen LogP contribution in [0.4, 0.5) is 4.39 Å². The lowest BCUT2D eigenvalue weighted by Crippen LogP contribution is -1.97. The van der Waals surface area contributed by atoms with Crippen LogP contribution in [0.15, 0.2) is 39.3 Å². The van der Waals surface area contributed by atoms with E-state index in [4.69, 9.17) is 22.1 Å². The first-order valence-electron chi connectivity index (χ1n) is 5.32. The average molecular weight is 409 g/mol. The Morgan fingerprint density at radius 3 is 2.53 bits per heavy atom. The minimum atomic E-state index is -0.530. The molecule has 0 aliphatic rings. The fourth-order valence-corrected chi connectivity index (χ4v) is 2.71. The van der Waals surface area contributed by atoms with Crippen LogP contribution in [0, 0.1) is 5.82 Å². The van der Waals surface area contributed by atoms with Crippen molar-refractivity contribution in [1.82, 2.24) is 0 Å². The lowest BCUT2D eigenvalue weighted by Gasteiger charge is -2.10. The fraction of sp³-hybridized carbons (Fsp3) is 0.0769. The van der Waals surface area contributed by atoms with E-state index in [1.54, 1.807) is 12.1 Å². The first kappa shape index (κ1) is 14.8. The maximum Gasteiger partial charge on any atom is 0.145 e. The number of nitrogens with two attached hydrogens (primary N) is 1. The van der Waals surface area contributed by atoms with Gasteiger partial charge in [0.15, 0.2) is 0 Å². The minimum Gasteiger partial charge on any atom is -0.456 e. The van der Waals surface area contributed by atoms with Crippen LogP contribution < -0.4 is 10.5 Å². The van der Waals surface area contributed by atoms with Crippen LogP contribution in [0.3, 0.4) is 0 Å². The molecule has 2 N–H and O–H groups in total. The normalized spacial score (nSPS) is 10.6. The SMILES string of the molecule is NCc1ccc(Oc2cc(F)c(Cl)cc2Br)cc1Br. The highest BCUT2D eigenvalue weighted by molar-refractivity contribution is 9.10. The zero-order chi connectivity index (χ0) is 14.0. The number of hydrogen-bond acceptors (Lipinski definition) is 2. The molecule has 2 rings (SSSR count). The Morgan fingerprint density at radius 2 is 1.89 bits per heavy atom. The number of rotatable bonds is 3. The Bertz CT molecular complexity index is 622. The van der Waals surface area contributed by atoms with Crippen molar-refractivity contribution in [2.75, 3.05) is 0 Å². The van der Waals surface area contributed by atoms with E-state index in [1.807, 2.05) is 6.07 Å².